The lowest BCUT2D eigenvalue weighted by molar-refractivity contribution is 0.0846. The van der Waals surface area contributed by atoms with Crippen LogP contribution in [0.5, 0.6) is 5.75 Å². The highest BCUT2D eigenvalue weighted by Crippen LogP contribution is 2.29. The van der Waals surface area contributed by atoms with Crippen molar-refractivity contribution < 1.29 is 14.3 Å². The first-order valence-electron chi connectivity index (χ1n) is 10.7. The molecule has 0 spiro atoms. The van der Waals surface area contributed by atoms with E-state index in [4.69, 9.17) is 14.5 Å². The van der Waals surface area contributed by atoms with Crippen molar-refractivity contribution in [3.63, 3.8) is 0 Å². The van der Waals surface area contributed by atoms with Crippen molar-refractivity contribution in [2.24, 2.45) is 0 Å². The van der Waals surface area contributed by atoms with Gasteiger partial charge in [0, 0.05) is 55.8 Å². The Bertz CT molecular complexity index is 1040. The van der Waals surface area contributed by atoms with Gasteiger partial charge < -0.3 is 13.9 Å². The summed E-state index contributed by atoms with van der Waals surface area (Å²) in [5.74, 6) is 1.10. The fourth-order valence-electron chi connectivity index (χ4n) is 3.80. The van der Waals surface area contributed by atoms with Crippen LogP contribution in [0.1, 0.15) is 68.2 Å². The van der Waals surface area contributed by atoms with E-state index in [2.05, 4.69) is 32.1 Å². The summed E-state index contributed by atoms with van der Waals surface area (Å²) in [7, 11) is 0. The first kappa shape index (κ1) is 20.6. The number of imidazole rings is 1. The quantitative estimate of drug-likeness (QED) is 0.575. The Kier molecular flexibility index (Phi) is 5.64. The van der Waals surface area contributed by atoms with E-state index in [1.54, 1.807) is 6.07 Å². The first-order valence-corrected chi connectivity index (χ1v) is 10.7. The molecule has 1 aliphatic heterocycles. The third-order valence-electron chi connectivity index (χ3n) is 5.50. The van der Waals surface area contributed by atoms with E-state index in [9.17, 15) is 4.79 Å². The molecule has 30 heavy (non-hydrogen) atoms. The number of rotatable bonds is 6. The number of ketones is 1. The monoisotopic (exact) mass is 410 g/mol. The minimum atomic E-state index is -0.161. The van der Waals surface area contributed by atoms with E-state index >= 15 is 0 Å². The molecule has 7 nitrogen and oxygen atoms in total. The number of pyridine rings is 1. The predicted molar refractivity (Wildman–Crippen MR) is 114 cm³/mol. The second-order valence-corrected chi connectivity index (χ2v) is 8.83. The highest BCUT2D eigenvalue weighted by Gasteiger charge is 2.21. The fraction of sp³-hybridized carbons (Fsp3) is 0.522. The number of nitrogens with zero attached hydrogens (tertiary/aromatic N) is 4. The zero-order valence-corrected chi connectivity index (χ0v) is 18.2. The van der Waals surface area contributed by atoms with Gasteiger partial charge in [-0.1, -0.05) is 0 Å². The highest BCUT2D eigenvalue weighted by atomic mass is 16.5. The molecule has 0 amide bonds. The second-order valence-electron chi connectivity index (χ2n) is 8.83. The molecule has 7 heteroatoms. The summed E-state index contributed by atoms with van der Waals surface area (Å²) in [5, 5.41) is 4.48. The van der Waals surface area contributed by atoms with Gasteiger partial charge >= 0.3 is 0 Å². The molecular formula is C23H30N4O3. The molecule has 0 N–H and O–H groups in total. The zero-order valence-electron chi connectivity index (χ0n) is 18.2. The van der Waals surface area contributed by atoms with Crippen LogP contribution in [0.3, 0.4) is 0 Å². The molecule has 3 aromatic heterocycles. The Hall–Kier alpha value is -2.67. The molecule has 1 fully saturated rings. The lowest BCUT2D eigenvalue weighted by atomic mass is 9.97. The molecule has 3 aromatic rings. The fourth-order valence-corrected chi connectivity index (χ4v) is 3.80. The lowest BCUT2D eigenvalue weighted by Gasteiger charge is -2.19. The SMILES string of the molecule is CCOc1cc2nc(C3CCOCC3)cn2cc1CC(=O)c1ccn(C(C)(C)C)n1. The van der Waals surface area contributed by atoms with Gasteiger partial charge in [-0.25, -0.2) is 4.98 Å². The molecule has 0 radical (unpaired) electrons. The highest BCUT2D eigenvalue weighted by molar-refractivity contribution is 5.96. The van der Waals surface area contributed by atoms with E-state index in [0.29, 0.717) is 24.0 Å². The number of Topliss-reactive ketones (excluding diaryl/α,β-unsaturated/α-hetero) is 1. The van der Waals surface area contributed by atoms with Gasteiger partial charge in [0.1, 0.15) is 17.1 Å². The van der Waals surface area contributed by atoms with Crippen molar-refractivity contribution in [1.29, 1.82) is 0 Å². The average Bonchev–Trinajstić information content (AvgIpc) is 3.36. The summed E-state index contributed by atoms with van der Waals surface area (Å²) in [6.07, 6.45) is 8.11. The molecule has 4 heterocycles. The molecule has 0 atom stereocenters. The van der Waals surface area contributed by atoms with Crippen LogP contribution in [-0.4, -0.2) is 44.8 Å². The maximum Gasteiger partial charge on any atom is 0.187 e. The van der Waals surface area contributed by atoms with Gasteiger partial charge in [-0.2, -0.15) is 5.10 Å². The standard InChI is InChI=1S/C23H30N4O3/c1-5-30-21-13-22-24-19(16-7-10-29-11-8-16)15-26(22)14-17(21)12-20(28)18-6-9-27(25-18)23(2,3)4/h6,9,13-16H,5,7-8,10-12H2,1-4H3. The van der Waals surface area contributed by atoms with Crippen LogP contribution in [0.4, 0.5) is 0 Å². The Labute approximate surface area is 177 Å². The van der Waals surface area contributed by atoms with Gasteiger partial charge in [-0.05, 0) is 46.6 Å². The summed E-state index contributed by atoms with van der Waals surface area (Å²) in [6, 6.07) is 3.72. The summed E-state index contributed by atoms with van der Waals surface area (Å²) < 4.78 is 15.1. The van der Waals surface area contributed by atoms with Crippen LogP contribution < -0.4 is 4.74 Å². The number of fused-ring (bicyclic) bond motifs is 1. The van der Waals surface area contributed by atoms with E-state index in [-0.39, 0.29) is 17.7 Å². The number of hydrogen-bond donors (Lipinski definition) is 0. The van der Waals surface area contributed by atoms with Crippen LogP contribution in [-0.2, 0) is 16.7 Å². The average molecular weight is 411 g/mol. The van der Waals surface area contributed by atoms with Gasteiger partial charge in [0.15, 0.2) is 5.78 Å². The van der Waals surface area contributed by atoms with Crippen molar-refractivity contribution in [3.05, 3.63) is 47.7 Å². The molecule has 0 saturated carbocycles. The number of carbonyl (C=O) groups excluding carboxylic acids is 1. The molecule has 160 valence electrons. The molecular weight excluding hydrogens is 380 g/mol. The normalized spacial score (nSPS) is 15.6. The third-order valence-corrected chi connectivity index (χ3v) is 5.50. The number of carbonyl (C=O) groups is 1. The van der Waals surface area contributed by atoms with Crippen molar-refractivity contribution >= 4 is 11.4 Å². The Balaban J connectivity index is 1.62. The summed E-state index contributed by atoms with van der Waals surface area (Å²) in [6.45, 7) is 10.2. The van der Waals surface area contributed by atoms with Crippen LogP contribution >= 0.6 is 0 Å². The number of ether oxygens (including phenoxy) is 2. The van der Waals surface area contributed by atoms with Crippen LogP contribution in [0.25, 0.3) is 5.65 Å². The summed E-state index contributed by atoms with van der Waals surface area (Å²) in [5.41, 5.74) is 3.07. The number of aromatic nitrogens is 4. The van der Waals surface area contributed by atoms with Crippen LogP contribution in [0.2, 0.25) is 0 Å². The van der Waals surface area contributed by atoms with Gasteiger partial charge in [-0.15, -0.1) is 0 Å². The third kappa shape index (κ3) is 4.26. The Morgan fingerprint density at radius 2 is 2.03 bits per heavy atom. The largest absolute Gasteiger partial charge is 0.493 e. The smallest absolute Gasteiger partial charge is 0.187 e. The Morgan fingerprint density at radius 1 is 1.27 bits per heavy atom. The van der Waals surface area contributed by atoms with Crippen molar-refractivity contribution in [2.45, 2.75) is 58.4 Å². The van der Waals surface area contributed by atoms with Gasteiger partial charge in [-0.3, -0.25) is 9.48 Å². The number of hydrogen-bond acceptors (Lipinski definition) is 5. The van der Waals surface area contributed by atoms with E-state index < -0.39 is 0 Å². The van der Waals surface area contributed by atoms with Gasteiger partial charge in [0.05, 0.1) is 17.8 Å². The van der Waals surface area contributed by atoms with E-state index in [1.165, 1.54) is 0 Å². The molecule has 0 unspecified atom stereocenters. The van der Waals surface area contributed by atoms with Crippen molar-refractivity contribution in [1.82, 2.24) is 19.2 Å². The molecule has 0 aromatic carbocycles. The lowest BCUT2D eigenvalue weighted by Crippen LogP contribution is -2.22. The maximum atomic E-state index is 12.9. The first-order chi connectivity index (χ1) is 14.3. The molecule has 1 aliphatic rings. The van der Waals surface area contributed by atoms with Crippen molar-refractivity contribution in [3.8, 4) is 5.75 Å². The van der Waals surface area contributed by atoms with Gasteiger partial charge in [0.25, 0.3) is 0 Å². The molecule has 0 bridgehead atoms. The summed E-state index contributed by atoms with van der Waals surface area (Å²) >= 11 is 0. The minimum Gasteiger partial charge on any atom is -0.493 e. The molecule has 0 aliphatic carbocycles. The zero-order chi connectivity index (χ0) is 21.3. The predicted octanol–water partition coefficient (Wildman–Crippen LogP) is 4.00. The van der Waals surface area contributed by atoms with Crippen LogP contribution in [0, 0.1) is 0 Å². The van der Waals surface area contributed by atoms with Gasteiger partial charge in [0.2, 0.25) is 0 Å². The molecule has 4 rings (SSSR count). The van der Waals surface area contributed by atoms with Crippen molar-refractivity contribution in [2.75, 3.05) is 19.8 Å². The van der Waals surface area contributed by atoms with Crippen LogP contribution in [0.15, 0.2) is 30.7 Å². The maximum absolute atomic E-state index is 12.9. The summed E-state index contributed by atoms with van der Waals surface area (Å²) in [4.78, 5) is 17.7. The van der Waals surface area contributed by atoms with E-state index in [1.807, 2.05) is 34.5 Å². The van der Waals surface area contributed by atoms with E-state index in [0.717, 1.165) is 43.0 Å². The Morgan fingerprint density at radius 3 is 2.70 bits per heavy atom. The minimum absolute atomic E-state index is 0.0249. The topological polar surface area (TPSA) is 70.7 Å². The second kappa shape index (κ2) is 8.22. The molecule has 1 saturated heterocycles.